The van der Waals surface area contributed by atoms with Crippen molar-refractivity contribution in [3.63, 3.8) is 0 Å². The van der Waals surface area contributed by atoms with Crippen LogP contribution in [0.15, 0.2) is 35.5 Å². The third-order valence-corrected chi connectivity index (χ3v) is 14.2. The van der Waals surface area contributed by atoms with Gasteiger partial charge in [0.25, 0.3) is 0 Å². The van der Waals surface area contributed by atoms with E-state index in [-0.39, 0.29) is 11.0 Å². The summed E-state index contributed by atoms with van der Waals surface area (Å²) >= 11 is 0. The number of nitrogens with two attached hydrogens (primary N) is 1. The van der Waals surface area contributed by atoms with Gasteiger partial charge in [0, 0.05) is 5.54 Å². The van der Waals surface area contributed by atoms with E-state index in [9.17, 15) is 0 Å². The van der Waals surface area contributed by atoms with Crippen molar-refractivity contribution >= 4 is 0 Å². The summed E-state index contributed by atoms with van der Waals surface area (Å²) in [6, 6.07) is 0. The highest BCUT2D eigenvalue weighted by Gasteiger charge is 2.69. The van der Waals surface area contributed by atoms with E-state index in [2.05, 4.69) is 74.1 Å². The van der Waals surface area contributed by atoms with Crippen molar-refractivity contribution in [3.8, 4) is 0 Å². The fraction of sp³-hybridized carbons (Fsp3) is 0.846. The lowest BCUT2D eigenvalue weighted by atomic mass is 9.33. The number of rotatable bonds is 5. The van der Waals surface area contributed by atoms with E-state index < -0.39 is 0 Å². The summed E-state index contributed by atoms with van der Waals surface area (Å²) in [6.07, 6.45) is 22.8. The first-order chi connectivity index (χ1) is 18.6. The van der Waals surface area contributed by atoms with Crippen LogP contribution in [0.3, 0.4) is 0 Å². The molecule has 5 aliphatic carbocycles. The van der Waals surface area contributed by atoms with Gasteiger partial charge in [-0.3, -0.25) is 0 Å². The van der Waals surface area contributed by atoms with Crippen molar-refractivity contribution < 1.29 is 0 Å². The summed E-state index contributed by atoms with van der Waals surface area (Å²) < 4.78 is 0. The lowest BCUT2D eigenvalue weighted by molar-refractivity contribution is -0.216. The van der Waals surface area contributed by atoms with Crippen molar-refractivity contribution in [1.29, 1.82) is 0 Å². The van der Waals surface area contributed by atoms with Crippen molar-refractivity contribution in [3.05, 3.63) is 35.5 Å². The molecule has 0 spiro atoms. The van der Waals surface area contributed by atoms with Crippen LogP contribution in [0.25, 0.3) is 0 Å². The molecule has 7 unspecified atom stereocenters. The first kappa shape index (κ1) is 32.1. The molecule has 5 rings (SSSR count). The predicted molar refractivity (Wildman–Crippen MR) is 176 cm³/mol. The summed E-state index contributed by atoms with van der Waals surface area (Å²) in [7, 11) is 0. The quantitative estimate of drug-likeness (QED) is 0.339. The molecule has 0 heterocycles. The SMILES string of the molecule is C=C(C)C.CC/C(=C\CC(C)CC)C1=CCC2(C)C(CCC3(C)C2CCC2[C@H]4CCCC4(N)CC[C@]23C)C1(C)C. The first-order valence-electron chi connectivity index (χ1n) is 17.4. The molecule has 40 heavy (non-hydrogen) atoms. The molecule has 9 atom stereocenters. The van der Waals surface area contributed by atoms with Crippen molar-refractivity contribution in [2.75, 3.05) is 0 Å². The van der Waals surface area contributed by atoms with E-state index in [1.165, 1.54) is 89.0 Å². The molecule has 0 aliphatic heterocycles. The van der Waals surface area contributed by atoms with Crippen LogP contribution in [-0.2, 0) is 0 Å². The van der Waals surface area contributed by atoms with Crippen LogP contribution in [0.4, 0.5) is 0 Å². The van der Waals surface area contributed by atoms with Gasteiger partial charge in [-0.05, 0) is 147 Å². The molecule has 4 fully saturated rings. The Morgan fingerprint density at radius 3 is 2.23 bits per heavy atom. The van der Waals surface area contributed by atoms with E-state index >= 15 is 0 Å². The van der Waals surface area contributed by atoms with Crippen LogP contribution < -0.4 is 5.73 Å². The maximum atomic E-state index is 7.10. The van der Waals surface area contributed by atoms with Crippen LogP contribution >= 0.6 is 0 Å². The summed E-state index contributed by atoms with van der Waals surface area (Å²) in [5.74, 6) is 4.08. The average Bonchev–Trinajstić information content (AvgIpc) is 3.27. The van der Waals surface area contributed by atoms with Crippen LogP contribution in [-0.4, -0.2) is 5.54 Å². The van der Waals surface area contributed by atoms with Gasteiger partial charge in [0.15, 0.2) is 0 Å². The molecule has 0 amide bonds. The number of hydrogen-bond acceptors (Lipinski definition) is 1. The van der Waals surface area contributed by atoms with Gasteiger partial charge in [0.1, 0.15) is 0 Å². The molecular formula is C39H67N. The Bertz CT molecular complexity index is 994. The molecule has 0 aromatic rings. The fourth-order valence-electron chi connectivity index (χ4n) is 11.7. The van der Waals surface area contributed by atoms with Crippen molar-refractivity contribution in [2.24, 2.45) is 57.0 Å². The van der Waals surface area contributed by atoms with E-state index in [4.69, 9.17) is 5.73 Å². The minimum atomic E-state index is 0.164. The molecule has 2 N–H and O–H groups in total. The standard InChI is InChI=1S/C35H59N.C4H8/c1-9-24(3)13-14-25(10-2)26-17-20-32(6)29(31(26,4)5)18-21-34(8)30(32)16-15-27-28-12-11-19-35(28,36)23-22-33(27,34)7;1-4(2)3/h14,17,24,27-30H,9-13,15-16,18-23,36H2,1-8H3;1H2,2-3H3/b25-14+;/t24?,27?,28-,29?,30?,32?,33-,34?,35?;/m1./s1. The molecule has 1 heteroatoms. The van der Waals surface area contributed by atoms with E-state index in [1.807, 2.05) is 13.8 Å². The summed E-state index contributed by atoms with van der Waals surface area (Å²) in [5.41, 5.74) is 13.4. The van der Waals surface area contributed by atoms with Crippen LogP contribution in [0.1, 0.15) is 153 Å². The van der Waals surface area contributed by atoms with Crippen molar-refractivity contribution in [2.45, 2.75) is 158 Å². The molecule has 0 aromatic heterocycles. The fourth-order valence-corrected chi connectivity index (χ4v) is 11.7. The zero-order valence-corrected chi connectivity index (χ0v) is 28.5. The van der Waals surface area contributed by atoms with E-state index in [0.717, 1.165) is 29.6 Å². The minimum absolute atomic E-state index is 0.164. The zero-order valence-electron chi connectivity index (χ0n) is 28.5. The Morgan fingerprint density at radius 1 is 0.925 bits per heavy atom. The molecule has 1 nitrogen and oxygen atoms in total. The van der Waals surface area contributed by atoms with E-state index in [0.29, 0.717) is 16.2 Å². The van der Waals surface area contributed by atoms with Crippen LogP contribution in [0.2, 0.25) is 0 Å². The third kappa shape index (κ3) is 5.05. The highest BCUT2D eigenvalue weighted by molar-refractivity contribution is 5.40. The Morgan fingerprint density at radius 2 is 1.60 bits per heavy atom. The minimum Gasteiger partial charge on any atom is -0.325 e. The Labute approximate surface area is 250 Å². The largest absolute Gasteiger partial charge is 0.325 e. The second-order valence-electron chi connectivity index (χ2n) is 17.0. The number of hydrogen-bond donors (Lipinski definition) is 1. The van der Waals surface area contributed by atoms with Gasteiger partial charge in [0.05, 0.1) is 0 Å². The lowest BCUT2D eigenvalue weighted by Gasteiger charge is -2.72. The molecular weight excluding hydrogens is 482 g/mol. The number of allylic oxidation sites excluding steroid dienone is 5. The molecule has 5 aliphatic rings. The summed E-state index contributed by atoms with van der Waals surface area (Å²) in [6.45, 7) is 28.1. The topological polar surface area (TPSA) is 26.0 Å². The van der Waals surface area contributed by atoms with Crippen LogP contribution in [0, 0.1) is 51.2 Å². The monoisotopic (exact) mass is 550 g/mol. The molecule has 4 saturated carbocycles. The maximum absolute atomic E-state index is 7.10. The lowest BCUT2D eigenvalue weighted by Crippen LogP contribution is -2.66. The molecule has 0 radical (unpaired) electrons. The van der Waals surface area contributed by atoms with Gasteiger partial charge in [-0.1, -0.05) is 86.0 Å². The molecule has 0 aromatic carbocycles. The third-order valence-electron chi connectivity index (χ3n) is 14.2. The van der Waals surface area contributed by atoms with Crippen molar-refractivity contribution in [1.82, 2.24) is 0 Å². The Hall–Kier alpha value is -0.820. The summed E-state index contributed by atoms with van der Waals surface area (Å²) in [5, 5.41) is 0. The average molecular weight is 550 g/mol. The predicted octanol–water partition coefficient (Wildman–Crippen LogP) is 11.4. The normalized spacial score (nSPS) is 44.6. The highest BCUT2D eigenvalue weighted by atomic mass is 14.8. The number of fused-ring (bicyclic) bond motifs is 7. The van der Waals surface area contributed by atoms with E-state index in [1.54, 1.807) is 11.1 Å². The van der Waals surface area contributed by atoms with Gasteiger partial charge in [-0.2, -0.15) is 0 Å². The molecule has 228 valence electrons. The van der Waals surface area contributed by atoms with Gasteiger partial charge in [-0.15, -0.1) is 6.58 Å². The van der Waals surface area contributed by atoms with Gasteiger partial charge in [-0.25, -0.2) is 0 Å². The molecule has 0 bridgehead atoms. The first-order valence-corrected chi connectivity index (χ1v) is 17.4. The molecule has 0 saturated heterocycles. The van der Waals surface area contributed by atoms with Gasteiger partial charge >= 0.3 is 0 Å². The maximum Gasteiger partial charge on any atom is 0.0185 e. The van der Waals surface area contributed by atoms with Crippen LogP contribution in [0.5, 0.6) is 0 Å². The van der Waals surface area contributed by atoms with Gasteiger partial charge < -0.3 is 5.73 Å². The summed E-state index contributed by atoms with van der Waals surface area (Å²) in [4.78, 5) is 0. The second-order valence-corrected chi connectivity index (χ2v) is 17.0. The zero-order chi connectivity index (χ0) is 29.7. The van der Waals surface area contributed by atoms with Gasteiger partial charge in [0.2, 0.25) is 0 Å². The second kappa shape index (κ2) is 11.4. The Kier molecular flexibility index (Phi) is 9.11. The smallest absolute Gasteiger partial charge is 0.0185 e. The highest BCUT2D eigenvalue weighted by Crippen LogP contribution is 2.75. The Balaban J connectivity index is 0.000000867.